The topological polar surface area (TPSA) is 35.5 Å². The first-order chi connectivity index (χ1) is 10.5. The molecule has 1 aromatic rings. The summed E-state index contributed by atoms with van der Waals surface area (Å²) in [6.07, 6.45) is 2.65. The van der Waals surface area contributed by atoms with Crippen LogP contribution in [0, 0.1) is 0 Å². The van der Waals surface area contributed by atoms with Crippen molar-refractivity contribution in [1.29, 1.82) is 0 Å². The normalized spacial score (nSPS) is 15.1. The molecule has 0 aliphatic carbocycles. The highest BCUT2D eigenvalue weighted by Crippen LogP contribution is 2.19. The second kappa shape index (κ2) is 9.62. The Kier molecular flexibility index (Phi) is 8.18. The van der Waals surface area contributed by atoms with Gasteiger partial charge in [0.1, 0.15) is 0 Å². The summed E-state index contributed by atoms with van der Waals surface area (Å²) in [5.74, 6) is 0.320. The first-order valence-corrected chi connectivity index (χ1v) is 8.43. The number of esters is 1. The molecule has 3 nitrogen and oxygen atoms in total. The molecule has 0 aromatic heterocycles. The van der Waals surface area contributed by atoms with Gasteiger partial charge >= 0.3 is 5.97 Å². The fourth-order valence-corrected chi connectivity index (χ4v) is 2.12. The molecule has 0 N–H and O–H groups in total. The summed E-state index contributed by atoms with van der Waals surface area (Å²) in [4.78, 5) is 12.0. The van der Waals surface area contributed by atoms with Crippen LogP contribution >= 0.6 is 0 Å². The summed E-state index contributed by atoms with van der Waals surface area (Å²) in [5.41, 5.74) is 2.29. The fourth-order valence-electron chi connectivity index (χ4n) is 2.12. The molecule has 0 spiro atoms. The maximum atomic E-state index is 12.0. The molecule has 0 aliphatic heterocycles. The van der Waals surface area contributed by atoms with E-state index in [2.05, 4.69) is 32.9 Å². The van der Waals surface area contributed by atoms with Crippen molar-refractivity contribution < 1.29 is 14.3 Å². The van der Waals surface area contributed by atoms with E-state index in [0.29, 0.717) is 18.8 Å². The van der Waals surface area contributed by atoms with E-state index >= 15 is 0 Å². The maximum absolute atomic E-state index is 12.0. The zero-order valence-corrected chi connectivity index (χ0v) is 14.6. The summed E-state index contributed by atoms with van der Waals surface area (Å²) < 4.78 is 11.1. The van der Waals surface area contributed by atoms with Gasteiger partial charge in [0, 0.05) is 6.42 Å². The zero-order valence-electron chi connectivity index (χ0n) is 14.6. The molecule has 1 rings (SSSR count). The molecule has 0 fully saturated rings. The lowest BCUT2D eigenvalue weighted by Crippen LogP contribution is -2.25. The minimum Gasteiger partial charge on any atom is -0.436 e. The largest absolute Gasteiger partial charge is 0.436 e. The molecular weight excluding hydrogens is 276 g/mol. The third-order valence-corrected chi connectivity index (χ3v) is 4.06. The number of rotatable bonds is 9. The van der Waals surface area contributed by atoms with Crippen LogP contribution in [0.1, 0.15) is 70.9 Å². The molecule has 0 radical (unpaired) electrons. The second-order valence-electron chi connectivity index (χ2n) is 5.91. The highest BCUT2D eigenvalue weighted by atomic mass is 16.7. The Labute approximate surface area is 135 Å². The molecule has 3 unspecified atom stereocenters. The molecule has 0 saturated heterocycles. The van der Waals surface area contributed by atoms with Gasteiger partial charge in [0.05, 0.1) is 12.5 Å². The van der Waals surface area contributed by atoms with Crippen LogP contribution < -0.4 is 0 Å². The molecule has 3 atom stereocenters. The second-order valence-corrected chi connectivity index (χ2v) is 5.91. The van der Waals surface area contributed by atoms with Gasteiger partial charge in [-0.2, -0.15) is 0 Å². The van der Waals surface area contributed by atoms with Gasteiger partial charge in [-0.15, -0.1) is 0 Å². The predicted octanol–water partition coefficient (Wildman–Crippen LogP) is 4.84. The average molecular weight is 306 g/mol. The van der Waals surface area contributed by atoms with Gasteiger partial charge in [-0.25, -0.2) is 0 Å². The fraction of sp³-hybridized carbons (Fsp3) is 0.632. The lowest BCUT2D eigenvalue weighted by atomic mass is 9.97. The number of hydrogen-bond acceptors (Lipinski definition) is 3. The Morgan fingerprint density at radius 2 is 1.64 bits per heavy atom. The molecule has 0 aliphatic rings. The third kappa shape index (κ3) is 6.18. The van der Waals surface area contributed by atoms with E-state index in [1.807, 2.05) is 26.0 Å². The minimum atomic E-state index is -0.443. The van der Waals surface area contributed by atoms with Crippen molar-refractivity contribution in [2.45, 2.75) is 78.6 Å². The predicted molar refractivity (Wildman–Crippen MR) is 89.9 cm³/mol. The van der Waals surface area contributed by atoms with Crippen LogP contribution in [0.4, 0.5) is 0 Å². The maximum Gasteiger partial charge on any atom is 0.312 e. The number of carbonyl (C=O) groups excluding carboxylic acids is 1. The van der Waals surface area contributed by atoms with E-state index in [-0.39, 0.29) is 12.1 Å². The SMILES string of the molecule is CCC(C)OC(CC)OC(=O)Cc1ccc(C(C)CC)cc1. The van der Waals surface area contributed by atoms with Gasteiger partial charge in [0.25, 0.3) is 0 Å². The van der Waals surface area contributed by atoms with Gasteiger partial charge in [0.15, 0.2) is 0 Å². The van der Waals surface area contributed by atoms with Crippen LogP contribution in [0.15, 0.2) is 24.3 Å². The summed E-state index contributed by atoms with van der Waals surface area (Å²) in [6, 6.07) is 8.23. The van der Waals surface area contributed by atoms with Crippen molar-refractivity contribution in [2.75, 3.05) is 0 Å². The zero-order chi connectivity index (χ0) is 16.5. The molecule has 0 heterocycles. The summed E-state index contributed by atoms with van der Waals surface area (Å²) in [5, 5.41) is 0. The van der Waals surface area contributed by atoms with Gasteiger partial charge in [-0.05, 0) is 36.8 Å². The van der Waals surface area contributed by atoms with Crippen LogP contribution in [0.2, 0.25) is 0 Å². The van der Waals surface area contributed by atoms with E-state index in [1.54, 1.807) is 0 Å². The molecule has 1 aromatic carbocycles. The van der Waals surface area contributed by atoms with E-state index in [1.165, 1.54) is 5.56 Å². The molecule has 0 saturated carbocycles. The highest BCUT2D eigenvalue weighted by molar-refractivity contribution is 5.72. The number of carbonyl (C=O) groups is 1. The summed E-state index contributed by atoms with van der Waals surface area (Å²) in [7, 11) is 0. The molecule has 124 valence electrons. The number of ether oxygens (including phenoxy) is 2. The third-order valence-electron chi connectivity index (χ3n) is 4.06. The van der Waals surface area contributed by atoms with Crippen LogP contribution in [-0.2, 0) is 20.7 Å². The van der Waals surface area contributed by atoms with Gasteiger partial charge in [-0.1, -0.05) is 52.0 Å². The van der Waals surface area contributed by atoms with Crippen molar-refractivity contribution in [3.05, 3.63) is 35.4 Å². The van der Waals surface area contributed by atoms with Crippen molar-refractivity contribution in [2.24, 2.45) is 0 Å². The lowest BCUT2D eigenvalue weighted by molar-refractivity contribution is -0.188. The summed E-state index contributed by atoms with van der Waals surface area (Å²) in [6.45, 7) is 10.4. The Bertz CT molecular complexity index is 438. The number of hydrogen-bond donors (Lipinski definition) is 0. The van der Waals surface area contributed by atoms with Crippen molar-refractivity contribution in [1.82, 2.24) is 0 Å². The lowest BCUT2D eigenvalue weighted by Gasteiger charge is -2.20. The van der Waals surface area contributed by atoms with Gasteiger partial charge in [0.2, 0.25) is 6.29 Å². The van der Waals surface area contributed by atoms with Crippen LogP contribution in [-0.4, -0.2) is 18.4 Å². The van der Waals surface area contributed by atoms with E-state index in [9.17, 15) is 4.79 Å². The molecular formula is C19H30O3. The smallest absolute Gasteiger partial charge is 0.312 e. The summed E-state index contributed by atoms with van der Waals surface area (Å²) >= 11 is 0. The quantitative estimate of drug-likeness (QED) is 0.484. The Balaban J connectivity index is 2.53. The van der Waals surface area contributed by atoms with Crippen molar-refractivity contribution in [3.63, 3.8) is 0 Å². The molecule has 0 bridgehead atoms. The van der Waals surface area contributed by atoms with Gasteiger partial charge in [-0.3, -0.25) is 4.79 Å². The van der Waals surface area contributed by atoms with E-state index in [4.69, 9.17) is 9.47 Å². The Morgan fingerprint density at radius 3 is 2.14 bits per heavy atom. The van der Waals surface area contributed by atoms with E-state index < -0.39 is 6.29 Å². The molecule has 22 heavy (non-hydrogen) atoms. The first kappa shape index (κ1) is 18.7. The standard InChI is InChI=1S/C19H30O3/c1-6-14(4)17-11-9-16(10-12-17)13-18(20)22-19(8-3)21-15(5)7-2/h9-12,14-15,19H,6-8,13H2,1-5H3. The monoisotopic (exact) mass is 306 g/mol. The van der Waals surface area contributed by atoms with Crippen LogP contribution in [0.5, 0.6) is 0 Å². The number of benzene rings is 1. The minimum absolute atomic E-state index is 0.104. The highest BCUT2D eigenvalue weighted by Gasteiger charge is 2.16. The van der Waals surface area contributed by atoms with Crippen molar-refractivity contribution in [3.8, 4) is 0 Å². The van der Waals surface area contributed by atoms with Gasteiger partial charge < -0.3 is 9.47 Å². The molecule has 0 amide bonds. The Hall–Kier alpha value is -1.35. The first-order valence-electron chi connectivity index (χ1n) is 8.43. The average Bonchev–Trinajstić information content (AvgIpc) is 2.53. The van der Waals surface area contributed by atoms with Crippen LogP contribution in [0.3, 0.4) is 0 Å². The van der Waals surface area contributed by atoms with E-state index in [0.717, 1.165) is 18.4 Å². The van der Waals surface area contributed by atoms with Crippen LogP contribution in [0.25, 0.3) is 0 Å². The van der Waals surface area contributed by atoms with Crippen molar-refractivity contribution >= 4 is 5.97 Å². The Morgan fingerprint density at radius 1 is 1.00 bits per heavy atom. The molecule has 3 heteroatoms.